The molecule has 1 heterocycles. The third-order valence-corrected chi connectivity index (χ3v) is 4.68. The molecular formula is C22H20ClN3O2. The molecule has 0 spiro atoms. The molecule has 0 radical (unpaired) electrons. The van der Waals surface area contributed by atoms with Gasteiger partial charge in [0, 0.05) is 25.4 Å². The summed E-state index contributed by atoms with van der Waals surface area (Å²) < 4.78 is 0. The lowest BCUT2D eigenvalue weighted by Gasteiger charge is -2.21. The van der Waals surface area contributed by atoms with Crippen molar-refractivity contribution in [2.75, 3.05) is 12.4 Å². The molecule has 28 heavy (non-hydrogen) atoms. The predicted octanol–water partition coefficient (Wildman–Crippen LogP) is 4.57. The number of carbonyl (C=O) groups is 2. The van der Waals surface area contributed by atoms with E-state index in [1.165, 1.54) is 0 Å². The number of hydrogen-bond donors (Lipinski definition) is 1. The number of carbonyl (C=O) groups excluding carboxylic acids is 2. The Balaban J connectivity index is 1.83. The molecule has 5 nitrogen and oxygen atoms in total. The number of hydrogen-bond acceptors (Lipinski definition) is 3. The van der Waals surface area contributed by atoms with Gasteiger partial charge in [-0.15, -0.1) is 0 Å². The molecular weight excluding hydrogens is 374 g/mol. The Morgan fingerprint density at radius 3 is 2.50 bits per heavy atom. The standard InChI is InChI=1S/C22H20ClN3O2/c1-15-8-3-4-10-17(15)22(28)26(2)14-16-9-7-11-18(23)20(16)25-21(27)19-12-5-6-13-24-19/h3-13H,14H2,1-2H3,(H,25,27). The Kier molecular flexibility index (Phi) is 6.06. The van der Waals surface area contributed by atoms with Crippen LogP contribution in [0.5, 0.6) is 0 Å². The van der Waals surface area contributed by atoms with Crippen LogP contribution in [0.4, 0.5) is 5.69 Å². The maximum atomic E-state index is 12.8. The number of pyridine rings is 1. The predicted molar refractivity (Wildman–Crippen MR) is 111 cm³/mol. The first-order valence-corrected chi connectivity index (χ1v) is 9.16. The SMILES string of the molecule is Cc1ccccc1C(=O)N(C)Cc1cccc(Cl)c1NC(=O)c1ccccn1. The molecule has 0 saturated carbocycles. The molecule has 0 saturated heterocycles. The molecule has 3 rings (SSSR count). The molecule has 0 aliphatic rings. The summed E-state index contributed by atoms with van der Waals surface area (Å²) in [5.74, 6) is -0.456. The van der Waals surface area contributed by atoms with Crippen LogP contribution in [-0.4, -0.2) is 28.7 Å². The fourth-order valence-electron chi connectivity index (χ4n) is 2.86. The molecule has 2 amide bonds. The zero-order valence-corrected chi connectivity index (χ0v) is 16.4. The van der Waals surface area contributed by atoms with Crippen LogP contribution in [0.2, 0.25) is 5.02 Å². The maximum Gasteiger partial charge on any atom is 0.274 e. The summed E-state index contributed by atoms with van der Waals surface area (Å²) in [6.07, 6.45) is 1.55. The van der Waals surface area contributed by atoms with E-state index in [2.05, 4.69) is 10.3 Å². The van der Waals surface area contributed by atoms with Gasteiger partial charge in [-0.3, -0.25) is 14.6 Å². The van der Waals surface area contributed by atoms with Crippen molar-refractivity contribution in [1.29, 1.82) is 0 Å². The number of rotatable bonds is 5. The summed E-state index contributed by atoms with van der Waals surface area (Å²) in [6, 6.07) is 17.9. The lowest BCUT2D eigenvalue weighted by atomic mass is 10.1. The van der Waals surface area contributed by atoms with Crippen LogP contribution in [-0.2, 0) is 6.54 Å². The Bertz CT molecular complexity index is 1010. The molecule has 0 unspecified atom stereocenters. The number of para-hydroxylation sites is 1. The van der Waals surface area contributed by atoms with Crippen molar-refractivity contribution in [3.8, 4) is 0 Å². The molecule has 0 fully saturated rings. The third kappa shape index (κ3) is 4.38. The van der Waals surface area contributed by atoms with Gasteiger partial charge in [0.05, 0.1) is 10.7 Å². The molecule has 0 bridgehead atoms. The Hall–Kier alpha value is -3.18. The smallest absolute Gasteiger partial charge is 0.274 e. The molecule has 0 aliphatic carbocycles. The Labute approximate surface area is 169 Å². The number of nitrogens with zero attached hydrogens (tertiary/aromatic N) is 2. The number of nitrogens with one attached hydrogen (secondary N) is 1. The number of amides is 2. The van der Waals surface area contributed by atoms with E-state index in [1.54, 1.807) is 54.5 Å². The van der Waals surface area contributed by atoms with Gasteiger partial charge in [-0.25, -0.2) is 0 Å². The first-order chi connectivity index (χ1) is 13.5. The van der Waals surface area contributed by atoms with Gasteiger partial charge in [0.15, 0.2) is 0 Å². The van der Waals surface area contributed by atoms with E-state index in [1.807, 2.05) is 31.2 Å². The van der Waals surface area contributed by atoms with Crippen LogP contribution < -0.4 is 5.32 Å². The lowest BCUT2D eigenvalue weighted by Crippen LogP contribution is -2.27. The summed E-state index contributed by atoms with van der Waals surface area (Å²) >= 11 is 6.33. The third-order valence-electron chi connectivity index (χ3n) is 4.37. The minimum atomic E-state index is -0.358. The average Bonchev–Trinajstić information content (AvgIpc) is 2.71. The van der Waals surface area contributed by atoms with Crippen molar-refractivity contribution in [1.82, 2.24) is 9.88 Å². The number of halogens is 1. The summed E-state index contributed by atoms with van der Waals surface area (Å²) in [5, 5.41) is 3.22. The van der Waals surface area contributed by atoms with E-state index in [4.69, 9.17) is 11.6 Å². The molecule has 0 atom stereocenters. The number of aromatic nitrogens is 1. The highest BCUT2D eigenvalue weighted by Crippen LogP contribution is 2.28. The van der Waals surface area contributed by atoms with Crippen molar-refractivity contribution < 1.29 is 9.59 Å². The fourth-order valence-corrected chi connectivity index (χ4v) is 3.10. The van der Waals surface area contributed by atoms with E-state index in [-0.39, 0.29) is 17.5 Å². The van der Waals surface area contributed by atoms with E-state index in [0.29, 0.717) is 22.8 Å². The summed E-state index contributed by atoms with van der Waals surface area (Å²) in [4.78, 5) is 31.0. The molecule has 2 aromatic carbocycles. The highest BCUT2D eigenvalue weighted by Gasteiger charge is 2.18. The van der Waals surface area contributed by atoms with Crippen LogP contribution in [0, 0.1) is 6.92 Å². The van der Waals surface area contributed by atoms with Crippen LogP contribution in [0.25, 0.3) is 0 Å². The van der Waals surface area contributed by atoms with E-state index in [9.17, 15) is 9.59 Å². The molecule has 0 aliphatic heterocycles. The van der Waals surface area contributed by atoms with Crippen molar-refractivity contribution in [3.63, 3.8) is 0 Å². The van der Waals surface area contributed by atoms with Crippen LogP contribution in [0.1, 0.15) is 32.0 Å². The summed E-state index contributed by atoms with van der Waals surface area (Å²) in [5.41, 5.74) is 3.06. The molecule has 1 N–H and O–H groups in total. The number of anilines is 1. The maximum absolute atomic E-state index is 12.8. The van der Waals surface area contributed by atoms with Crippen molar-refractivity contribution >= 4 is 29.1 Å². The van der Waals surface area contributed by atoms with E-state index in [0.717, 1.165) is 11.1 Å². The first-order valence-electron chi connectivity index (χ1n) is 8.78. The Morgan fingerprint density at radius 1 is 1.04 bits per heavy atom. The van der Waals surface area contributed by atoms with Gasteiger partial charge < -0.3 is 10.2 Å². The highest BCUT2D eigenvalue weighted by atomic mass is 35.5. The van der Waals surface area contributed by atoms with Gasteiger partial charge in [-0.1, -0.05) is 48.0 Å². The quantitative estimate of drug-likeness (QED) is 0.690. The van der Waals surface area contributed by atoms with Crippen molar-refractivity contribution in [3.05, 3.63) is 94.3 Å². The van der Waals surface area contributed by atoms with Gasteiger partial charge in [-0.05, 0) is 42.3 Å². The number of benzene rings is 2. The van der Waals surface area contributed by atoms with Gasteiger partial charge >= 0.3 is 0 Å². The van der Waals surface area contributed by atoms with Crippen molar-refractivity contribution in [2.45, 2.75) is 13.5 Å². The van der Waals surface area contributed by atoms with Crippen molar-refractivity contribution in [2.24, 2.45) is 0 Å². The normalized spacial score (nSPS) is 10.4. The zero-order chi connectivity index (χ0) is 20.1. The second-order valence-corrected chi connectivity index (χ2v) is 6.83. The first kappa shape index (κ1) is 19.6. The van der Waals surface area contributed by atoms with Crippen LogP contribution >= 0.6 is 11.6 Å². The molecule has 1 aromatic heterocycles. The van der Waals surface area contributed by atoms with E-state index < -0.39 is 0 Å². The summed E-state index contributed by atoms with van der Waals surface area (Å²) in [6.45, 7) is 2.20. The molecule has 3 aromatic rings. The van der Waals surface area contributed by atoms with Gasteiger partial charge in [0.25, 0.3) is 11.8 Å². The zero-order valence-electron chi connectivity index (χ0n) is 15.6. The molecule has 6 heteroatoms. The highest BCUT2D eigenvalue weighted by molar-refractivity contribution is 6.34. The van der Waals surface area contributed by atoms with Crippen LogP contribution in [0.15, 0.2) is 66.9 Å². The largest absolute Gasteiger partial charge is 0.337 e. The minimum absolute atomic E-state index is 0.0971. The fraction of sp³-hybridized carbons (Fsp3) is 0.136. The minimum Gasteiger partial charge on any atom is -0.337 e. The van der Waals surface area contributed by atoms with Gasteiger partial charge in [-0.2, -0.15) is 0 Å². The molecule has 142 valence electrons. The Morgan fingerprint density at radius 2 is 1.79 bits per heavy atom. The summed E-state index contributed by atoms with van der Waals surface area (Å²) in [7, 11) is 1.72. The van der Waals surface area contributed by atoms with Gasteiger partial charge in [0.1, 0.15) is 5.69 Å². The monoisotopic (exact) mass is 393 g/mol. The van der Waals surface area contributed by atoms with Crippen LogP contribution in [0.3, 0.4) is 0 Å². The number of aryl methyl sites for hydroxylation is 1. The average molecular weight is 394 g/mol. The van der Waals surface area contributed by atoms with Gasteiger partial charge in [0.2, 0.25) is 0 Å². The van der Waals surface area contributed by atoms with E-state index >= 15 is 0 Å². The lowest BCUT2D eigenvalue weighted by molar-refractivity contribution is 0.0784. The second-order valence-electron chi connectivity index (χ2n) is 6.42. The second kappa shape index (κ2) is 8.67. The topological polar surface area (TPSA) is 62.3 Å².